The second-order valence-electron chi connectivity index (χ2n) is 4.77. The molecule has 0 bridgehead atoms. The van der Waals surface area contributed by atoms with Crippen LogP contribution in [-0.4, -0.2) is 31.8 Å². The first-order chi connectivity index (χ1) is 11.3. The molecule has 0 spiro atoms. The molecule has 0 atom stereocenters. The highest BCUT2D eigenvalue weighted by Gasteiger charge is 2.13. The van der Waals surface area contributed by atoms with Crippen molar-refractivity contribution in [3.8, 4) is 17.1 Å². The van der Waals surface area contributed by atoms with Crippen molar-refractivity contribution < 1.29 is 4.74 Å². The Labute approximate surface area is 139 Å². The summed E-state index contributed by atoms with van der Waals surface area (Å²) < 4.78 is 7.31. The third-order valence-corrected chi connectivity index (χ3v) is 4.33. The van der Waals surface area contributed by atoms with Gasteiger partial charge < -0.3 is 9.30 Å². The van der Waals surface area contributed by atoms with E-state index in [4.69, 9.17) is 4.74 Å². The van der Waals surface area contributed by atoms with E-state index in [9.17, 15) is 0 Å². The lowest BCUT2D eigenvalue weighted by Gasteiger charge is -2.07. The molecule has 3 rings (SSSR count). The van der Waals surface area contributed by atoms with Gasteiger partial charge >= 0.3 is 0 Å². The molecule has 0 aliphatic heterocycles. The van der Waals surface area contributed by atoms with Crippen molar-refractivity contribution in [1.29, 1.82) is 0 Å². The Balaban J connectivity index is 1.79. The van der Waals surface area contributed by atoms with Crippen molar-refractivity contribution in [2.75, 3.05) is 7.11 Å². The number of aromatic nitrogens is 5. The third-order valence-electron chi connectivity index (χ3n) is 3.33. The predicted octanol–water partition coefficient (Wildman–Crippen LogP) is 3.06. The second-order valence-corrected chi connectivity index (χ2v) is 5.71. The summed E-state index contributed by atoms with van der Waals surface area (Å²) in [7, 11) is 1.65. The van der Waals surface area contributed by atoms with Crippen molar-refractivity contribution in [2.45, 2.75) is 24.4 Å². The molecule has 23 heavy (non-hydrogen) atoms. The fourth-order valence-corrected chi connectivity index (χ4v) is 3.09. The lowest BCUT2D eigenvalue weighted by molar-refractivity contribution is 0.413. The summed E-state index contributed by atoms with van der Waals surface area (Å²) >= 11 is 1.61. The van der Waals surface area contributed by atoms with Crippen molar-refractivity contribution >= 4 is 11.8 Å². The van der Waals surface area contributed by atoms with Gasteiger partial charge in [0.25, 0.3) is 0 Å². The quantitative estimate of drug-likeness (QED) is 0.648. The van der Waals surface area contributed by atoms with E-state index in [1.807, 2.05) is 24.3 Å². The van der Waals surface area contributed by atoms with Gasteiger partial charge in [-0.15, -0.1) is 10.2 Å². The maximum atomic E-state index is 5.22. The van der Waals surface area contributed by atoms with E-state index in [2.05, 4.69) is 31.7 Å². The Kier molecular flexibility index (Phi) is 4.87. The zero-order valence-corrected chi connectivity index (χ0v) is 13.8. The Bertz CT molecular complexity index is 775. The van der Waals surface area contributed by atoms with Gasteiger partial charge in [0.1, 0.15) is 5.75 Å². The fraction of sp³-hybridized carbons (Fsp3) is 0.250. The lowest BCUT2D eigenvalue weighted by atomic mass is 10.3. The van der Waals surface area contributed by atoms with Crippen molar-refractivity contribution in [2.24, 2.45) is 0 Å². The van der Waals surface area contributed by atoms with E-state index >= 15 is 0 Å². The number of rotatable bonds is 6. The molecule has 0 amide bonds. The van der Waals surface area contributed by atoms with Crippen molar-refractivity contribution in [1.82, 2.24) is 24.7 Å². The maximum absolute atomic E-state index is 5.22. The van der Waals surface area contributed by atoms with Gasteiger partial charge in [-0.25, -0.2) is 0 Å². The third kappa shape index (κ3) is 3.50. The largest absolute Gasteiger partial charge is 0.497 e. The second kappa shape index (κ2) is 7.23. The first-order valence-corrected chi connectivity index (χ1v) is 8.25. The van der Waals surface area contributed by atoms with Crippen LogP contribution in [0.3, 0.4) is 0 Å². The number of nitrogens with zero attached hydrogens (tertiary/aromatic N) is 5. The normalized spacial score (nSPS) is 10.7. The Morgan fingerprint density at radius 3 is 2.87 bits per heavy atom. The van der Waals surface area contributed by atoms with Crippen LogP contribution in [0.1, 0.15) is 12.6 Å². The summed E-state index contributed by atoms with van der Waals surface area (Å²) in [4.78, 5) is 8.50. The summed E-state index contributed by atoms with van der Waals surface area (Å²) in [6.07, 6.45) is 5.30. The van der Waals surface area contributed by atoms with Crippen molar-refractivity contribution in [3.63, 3.8) is 0 Å². The standard InChI is InChI=1S/C16H17N5OS/c1-3-21-15(12-5-4-7-17-10-12)19-20-16(21)23-11-13-9-14(22-2)6-8-18-13/h4-10H,3,11H2,1-2H3. The van der Waals surface area contributed by atoms with Gasteiger partial charge in [-0.05, 0) is 25.1 Å². The zero-order valence-electron chi connectivity index (χ0n) is 13.0. The zero-order chi connectivity index (χ0) is 16.1. The molecular weight excluding hydrogens is 310 g/mol. The van der Waals surface area contributed by atoms with E-state index in [1.165, 1.54) is 0 Å². The number of hydrogen-bond donors (Lipinski definition) is 0. The topological polar surface area (TPSA) is 65.7 Å². The van der Waals surface area contributed by atoms with Crippen LogP contribution < -0.4 is 4.74 Å². The number of ether oxygens (including phenoxy) is 1. The van der Waals surface area contributed by atoms with E-state index in [1.54, 1.807) is 37.5 Å². The summed E-state index contributed by atoms with van der Waals surface area (Å²) in [6, 6.07) is 7.66. The van der Waals surface area contributed by atoms with E-state index in [0.717, 1.165) is 34.5 Å². The molecule has 3 heterocycles. The molecule has 0 aromatic carbocycles. The molecule has 0 radical (unpaired) electrons. The Morgan fingerprint density at radius 2 is 2.13 bits per heavy atom. The van der Waals surface area contributed by atoms with Gasteiger partial charge in [0.15, 0.2) is 11.0 Å². The predicted molar refractivity (Wildman–Crippen MR) is 89.3 cm³/mol. The minimum Gasteiger partial charge on any atom is -0.497 e. The summed E-state index contributed by atoms with van der Waals surface area (Å²) in [5, 5.41) is 9.49. The molecule has 0 aliphatic carbocycles. The van der Waals surface area contributed by atoms with Crippen LogP contribution in [0.15, 0.2) is 48.0 Å². The monoisotopic (exact) mass is 327 g/mol. The van der Waals surface area contributed by atoms with Crippen LogP contribution in [-0.2, 0) is 12.3 Å². The van der Waals surface area contributed by atoms with Gasteiger partial charge in [0.05, 0.1) is 12.8 Å². The molecule has 0 N–H and O–H groups in total. The van der Waals surface area contributed by atoms with E-state index in [0.29, 0.717) is 5.75 Å². The average molecular weight is 327 g/mol. The van der Waals surface area contributed by atoms with Gasteiger partial charge in [0.2, 0.25) is 0 Å². The minimum atomic E-state index is 0.711. The van der Waals surface area contributed by atoms with E-state index < -0.39 is 0 Å². The van der Waals surface area contributed by atoms with Crippen LogP contribution >= 0.6 is 11.8 Å². The van der Waals surface area contributed by atoms with Crippen LogP contribution in [0.25, 0.3) is 11.4 Å². The molecule has 7 heteroatoms. The van der Waals surface area contributed by atoms with Crippen LogP contribution in [0.2, 0.25) is 0 Å². The molecule has 3 aromatic rings. The van der Waals surface area contributed by atoms with Crippen molar-refractivity contribution in [3.05, 3.63) is 48.5 Å². The summed E-state index contributed by atoms with van der Waals surface area (Å²) in [5.41, 5.74) is 1.91. The minimum absolute atomic E-state index is 0.711. The molecule has 0 aliphatic rings. The van der Waals surface area contributed by atoms with E-state index in [-0.39, 0.29) is 0 Å². The van der Waals surface area contributed by atoms with Crippen LogP contribution in [0.5, 0.6) is 5.75 Å². The number of pyridine rings is 2. The molecule has 0 saturated heterocycles. The number of hydrogen-bond acceptors (Lipinski definition) is 6. The smallest absolute Gasteiger partial charge is 0.191 e. The Hall–Kier alpha value is -2.41. The van der Waals surface area contributed by atoms with Crippen LogP contribution in [0, 0.1) is 0 Å². The first kappa shape index (κ1) is 15.5. The number of methoxy groups -OCH3 is 1. The van der Waals surface area contributed by atoms with Crippen LogP contribution in [0.4, 0.5) is 0 Å². The molecule has 6 nitrogen and oxygen atoms in total. The maximum Gasteiger partial charge on any atom is 0.191 e. The fourth-order valence-electron chi connectivity index (χ4n) is 2.19. The molecule has 3 aromatic heterocycles. The summed E-state index contributed by atoms with van der Waals surface area (Å²) in [6.45, 7) is 2.88. The Morgan fingerprint density at radius 1 is 1.22 bits per heavy atom. The van der Waals surface area contributed by atoms with Gasteiger partial charge in [-0.2, -0.15) is 0 Å². The molecule has 0 unspecified atom stereocenters. The van der Waals surface area contributed by atoms with Gasteiger partial charge in [-0.3, -0.25) is 9.97 Å². The molecule has 0 saturated carbocycles. The highest BCUT2D eigenvalue weighted by atomic mass is 32.2. The molecular formula is C16H17N5OS. The van der Waals surface area contributed by atoms with Gasteiger partial charge in [-0.1, -0.05) is 11.8 Å². The molecule has 118 valence electrons. The molecule has 0 fully saturated rings. The average Bonchev–Trinajstić information content (AvgIpc) is 3.04. The first-order valence-electron chi connectivity index (χ1n) is 7.27. The van der Waals surface area contributed by atoms with Gasteiger partial charge in [0, 0.05) is 42.5 Å². The highest BCUT2D eigenvalue weighted by molar-refractivity contribution is 7.98. The lowest BCUT2D eigenvalue weighted by Crippen LogP contribution is -2.00. The summed E-state index contributed by atoms with van der Waals surface area (Å²) in [5.74, 6) is 2.35. The SMILES string of the molecule is CCn1c(SCc2cc(OC)ccn2)nnc1-c1cccnc1. The highest BCUT2D eigenvalue weighted by Crippen LogP contribution is 2.26. The number of thioether (sulfide) groups is 1.